The van der Waals surface area contributed by atoms with E-state index in [0.717, 1.165) is 38.4 Å². The van der Waals surface area contributed by atoms with Gasteiger partial charge in [-0.05, 0) is 31.7 Å². The number of imidazole rings is 1. The molecule has 3 heteroatoms. The van der Waals surface area contributed by atoms with Gasteiger partial charge in [-0.3, -0.25) is 0 Å². The summed E-state index contributed by atoms with van der Waals surface area (Å²) in [6.45, 7) is 5.29. The zero-order valence-electron chi connectivity index (χ0n) is 12.7. The maximum Gasteiger partial charge on any atom is 0.112 e. The van der Waals surface area contributed by atoms with Crippen molar-refractivity contribution in [2.45, 2.75) is 51.6 Å². The standard InChI is InChI=1S/C18H23N3/c1-13-3-2-4-14(11-13)8-10-21-17-7-9-19-12-16(17)20-18(21)15-5-6-15/h2-4,11,15,19H,5-10,12H2,1H3. The maximum absolute atomic E-state index is 4.94. The van der Waals surface area contributed by atoms with Crippen LogP contribution in [0.1, 0.15) is 47.1 Å². The van der Waals surface area contributed by atoms with Crippen molar-refractivity contribution in [1.82, 2.24) is 14.9 Å². The van der Waals surface area contributed by atoms with Crippen LogP contribution < -0.4 is 5.32 Å². The van der Waals surface area contributed by atoms with Crippen LogP contribution in [-0.4, -0.2) is 16.1 Å². The monoisotopic (exact) mass is 281 g/mol. The van der Waals surface area contributed by atoms with E-state index in [1.165, 1.54) is 41.2 Å². The van der Waals surface area contributed by atoms with Gasteiger partial charge in [0.2, 0.25) is 0 Å². The zero-order chi connectivity index (χ0) is 14.2. The molecule has 110 valence electrons. The summed E-state index contributed by atoms with van der Waals surface area (Å²) in [5.41, 5.74) is 5.58. The van der Waals surface area contributed by atoms with Crippen molar-refractivity contribution in [3.63, 3.8) is 0 Å². The van der Waals surface area contributed by atoms with Crippen LogP contribution in [0, 0.1) is 6.92 Å². The Balaban J connectivity index is 1.60. The van der Waals surface area contributed by atoms with Gasteiger partial charge in [0.1, 0.15) is 5.82 Å². The van der Waals surface area contributed by atoms with E-state index in [4.69, 9.17) is 4.98 Å². The molecule has 0 atom stereocenters. The van der Waals surface area contributed by atoms with Gasteiger partial charge in [0, 0.05) is 37.7 Å². The molecule has 0 spiro atoms. The van der Waals surface area contributed by atoms with Crippen molar-refractivity contribution in [1.29, 1.82) is 0 Å². The molecule has 21 heavy (non-hydrogen) atoms. The summed E-state index contributed by atoms with van der Waals surface area (Å²) in [6.07, 6.45) is 4.89. The number of nitrogens with zero attached hydrogens (tertiary/aromatic N) is 2. The predicted octanol–water partition coefficient (Wildman–Crippen LogP) is 2.96. The average molecular weight is 281 g/mol. The van der Waals surface area contributed by atoms with Crippen LogP contribution in [0.4, 0.5) is 0 Å². The number of hydrogen-bond acceptors (Lipinski definition) is 2. The molecule has 4 rings (SSSR count). The normalized spacial score (nSPS) is 17.8. The van der Waals surface area contributed by atoms with Gasteiger partial charge in [-0.2, -0.15) is 0 Å². The Morgan fingerprint density at radius 1 is 1.33 bits per heavy atom. The first-order valence-electron chi connectivity index (χ1n) is 8.15. The van der Waals surface area contributed by atoms with E-state index in [9.17, 15) is 0 Å². The summed E-state index contributed by atoms with van der Waals surface area (Å²) in [5, 5.41) is 3.45. The second-order valence-electron chi connectivity index (χ2n) is 6.46. The Hall–Kier alpha value is -1.61. The van der Waals surface area contributed by atoms with Crippen molar-refractivity contribution in [3.8, 4) is 0 Å². The van der Waals surface area contributed by atoms with Crippen molar-refractivity contribution >= 4 is 0 Å². The van der Waals surface area contributed by atoms with Crippen molar-refractivity contribution in [2.75, 3.05) is 6.54 Å². The van der Waals surface area contributed by atoms with Gasteiger partial charge in [-0.25, -0.2) is 4.98 Å². The van der Waals surface area contributed by atoms with Crippen LogP contribution in [0.5, 0.6) is 0 Å². The summed E-state index contributed by atoms with van der Waals surface area (Å²) in [6, 6.07) is 8.89. The molecule has 1 aliphatic heterocycles. The number of nitrogens with one attached hydrogen (secondary N) is 1. The van der Waals surface area contributed by atoms with Crippen molar-refractivity contribution in [3.05, 3.63) is 52.6 Å². The molecule has 1 saturated carbocycles. The first-order valence-corrected chi connectivity index (χ1v) is 8.15. The number of fused-ring (bicyclic) bond motifs is 1. The second kappa shape index (κ2) is 5.30. The molecule has 0 radical (unpaired) electrons. The van der Waals surface area contributed by atoms with E-state index in [-0.39, 0.29) is 0 Å². The molecule has 1 fully saturated rings. The van der Waals surface area contributed by atoms with Crippen LogP contribution in [0.25, 0.3) is 0 Å². The van der Waals surface area contributed by atoms with Crippen LogP contribution in [0.3, 0.4) is 0 Å². The Labute approximate surface area is 126 Å². The number of hydrogen-bond donors (Lipinski definition) is 1. The number of aromatic nitrogens is 2. The molecule has 1 aromatic carbocycles. The van der Waals surface area contributed by atoms with Gasteiger partial charge >= 0.3 is 0 Å². The highest BCUT2D eigenvalue weighted by Crippen LogP contribution is 2.40. The second-order valence-corrected chi connectivity index (χ2v) is 6.46. The first kappa shape index (κ1) is 13.1. The number of aryl methyl sites for hydroxylation is 2. The highest BCUT2D eigenvalue weighted by molar-refractivity contribution is 5.26. The summed E-state index contributed by atoms with van der Waals surface area (Å²) >= 11 is 0. The molecule has 1 aliphatic carbocycles. The third-order valence-electron chi connectivity index (χ3n) is 4.67. The highest BCUT2D eigenvalue weighted by atomic mass is 15.1. The topological polar surface area (TPSA) is 29.9 Å². The lowest BCUT2D eigenvalue weighted by atomic mass is 10.1. The molecular formula is C18H23N3. The molecule has 0 amide bonds. The average Bonchev–Trinajstić information content (AvgIpc) is 3.27. The maximum atomic E-state index is 4.94. The van der Waals surface area contributed by atoms with Gasteiger partial charge in [0.15, 0.2) is 0 Å². The minimum Gasteiger partial charge on any atom is -0.331 e. The van der Waals surface area contributed by atoms with Crippen LogP contribution in [0.2, 0.25) is 0 Å². The summed E-state index contributed by atoms with van der Waals surface area (Å²) in [4.78, 5) is 4.94. The zero-order valence-corrected chi connectivity index (χ0v) is 12.7. The fourth-order valence-electron chi connectivity index (χ4n) is 3.40. The van der Waals surface area contributed by atoms with Crippen LogP contribution in [-0.2, 0) is 25.9 Å². The summed E-state index contributed by atoms with van der Waals surface area (Å²) in [7, 11) is 0. The third kappa shape index (κ3) is 2.62. The fraction of sp³-hybridized carbons (Fsp3) is 0.500. The van der Waals surface area contributed by atoms with Crippen LogP contribution >= 0.6 is 0 Å². The minimum atomic E-state index is 0.730. The molecule has 2 aromatic rings. The van der Waals surface area contributed by atoms with Gasteiger partial charge in [-0.1, -0.05) is 29.8 Å². The minimum absolute atomic E-state index is 0.730. The molecule has 3 nitrogen and oxygen atoms in total. The van der Waals surface area contributed by atoms with Gasteiger partial charge in [0.05, 0.1) is 5.69 Å². The summed E-state index contributed by atoms with van der Waals surface area (Å²) < 4.78 is 2.54. The lowest BCUT2D eigenvalue weighted by molar-refractivity contribution is 0.576. The van der Waals surface area contributed by atoms with Gasteiger partial charge in [-0.15, -0.1) is 0 Å². The van der Waals surface area contributed by atoms with Gasteiger partial charge in [0.25, 0.3) is 0 Å². The Morgan fingerprint density at radius 2 is 2.24 bits per heavy atom. The van der Waals surface area contributed by atoms with E-state index in [1.54, 1.807) is 0 Å². The SMILES string of the molecule is Cc1cccc(CCn2c(C3CC3)nc3c2CCNC3)c1. The van der Waals surface area contributed by atoms with Crippen molar-refractivity contribution < 1.29 is 0 Å². The molecule has 0 unspecified atom stereocenters. The third-order valence-corrected chi connectivity index (χ3v) is 4.67. The lowest BCUT2D eigenvalue weighted by Crippen LogP contribution is -2.25. The molecule has 1 N–H and O–H groups in total. The van der Waals surface area contributed by atoms with E-state index >= 15 is 0 Å². The van der Waals surface area contributed by atoms with E-state index in [1.807, 2.05) is 0 Å². The lowest BCUT2D eigenvalue weighted by Gasteiger charge is -2.16. The Bertz CT molecular complexity index is 652. The highest BCUT2D eigenvalue weighted by Gasteiger charge is 2.31. The van der Waals surface area contributed by atoms with Gasteiger partial charge < -0.3 is 9.88 Å². The Morgan fingerprint density at radius 3 is 3.05 bits per heavy atom. The Kier molecular flexibility index (Phi) is 3.30. The number of rotatable bonds is 4. The fourth-order valence-corrected chi connectivity index (χ4v) is 3.40. The predicted molar refractivity (Wildman–Crippen MR) is 84.5 cm³/mol. The largest absolute Gasteiger partial charge is 0.331 e. The van der Waals surface area contributed by atoms with E-state index in [0.29, 0.717) is 0 Å². The van der Waals surface area contributed by atoms with Crippen LogP contribution in [0.15, 0.2) is 24.3 Å². The molecule has 2 aliphatic rings. The molecular weight excluding hydrogens is 258 g/mol. The van der Waals surface area contributed by atoms with E-state index < -0.39 is 0 Å². The van der Waals surface area contributed by atoms with Crippen molar-refractivity contribution in [2.24, 2.45) is 0 Å². The smallest absolute Gasteiger partial charge is 0.112 e. The number of benzene rings is 1. The molecule has 1 aromatic heterocycles. The first-order chi connectivity index (χ1) is 10.3. The summed E-state index contributed by atoms with van der Waals surface area (Å²) in [5.74, 6) is 2.09. The molecule has 0 bridgehead atoms. The van der Waals surface area contributed by atoms with E-state index in [2.05, 4.69) is 41.1 Å². The molecule has 0 saturated heterocycles. The quantitative estimate of drug-likeness (QED) is 0.934. The molecule has 2 heterocycles.